The van der Waals surface area contributed by atoms with Crippen LogP contribution >= 0.6 is 11.8 Å². The molecule has 6 nitrogen and oxygen atoms in total. The first kappa shape index (κ1) is 21.1. The predicted molar refractivity (Wildman–Crippen MR) is 127 cm³/mol. The second kappa shape index (κ2) is 8.98. The van der Waals surface area contributed by atoms with Crippen molar-refractivity contribution in [1.82, 2.24) is 4.90 Å². The molecule has 2 aromatic rings. The lowest BCUT2D eigenvalue weighted by Gasteiger charge is -2.50. The second-order valence-electron chi connectivity index (χ2n) is 8.46. The molecule has 32 heavy (non-hydrogen) atoms. The van der Waals surface area contributed by atoms with Crippen LogP contribution in [-0.2, 0) is 9.59 Å². The molecule has 2 aliphatic heterocycles. The van der Waals surface area contributed by atoms with E-state index in [1.54, 1.807) is 16.9 Å². The summed E-state index contributed by atoms with van der Waals surface area (Å²) in [6.07, 6.45) is 5.74. The Hall–Kier alpha value is -2.80. The summed E-state index contributed by atoms with van der Waals surface area (Å²) in [5.41, 5.74) is 1.81. The Kier molecular flexibility index (Phi) is 5.91. The molecule has 0 N–H and O–H groups in total. The maximum absolute atomic E-state index is 13.5. The number of hydrogen-bond acceptors (Lipinski definition) is 5. The van der Waals surface area contributed by atoms with Gasteiger partial charge in [-0.25, -0.2) is 0 Å². The zero-order valence-electron chi connectivity index (χ0n) is 18.1. The number of β-lactam (4-membered cyclic amide) rings is 1. The number of carbonyl (C=O) groups excluding carboxylic acids is 2. The summed E-state index contributed by atoms with van der Waals surface area (Å²) in [6.45, 7) is 0. The van der Waals surface area contributed by atoms with E-state index in [0.717, 1.165) is 35.0 Å². The van der Waals surface area contributed by atoms with Crippen molar-refractivity contribution in [2.24, 2.45) is 4.99 Å². The first-order valence-corrected chi connectivity index (χ1v) is 12.2. The number of thioether (sulfide) groups is 1. The molecule has 2 amide bonds. The monoisotopic (exact) mass is 449 g/mol. The molecule has 166 valence electrons. The molecule has 7 heteroatoms. The highest BCUT2D eigenvalue weighted by Gasteiger charge is 2.55. The van der Waals surface area contributed by atoms with Gasteiger partial charge >= 0.3 is 0 Å². The summed E-state index contributed by atoms with van der Waals surface area (Å²) in [4.78, 5) is 34.9. The fraction of sp³-hybridized carbons (Fsp3) is 0.400. The smallest absolute Gasteiger partial charge is 0.253 e. The first-order valence-electron chi connectivity index (χ1n) is 11.2. The van der Waals surface area contributed by atoms with Crippen molar-refractivity contribution in [2.45, 2.75) is 50.2 Å². The number of carbonyl (C=O) groups is 2. The Morgan fingerprint density at radius 2 is 1.62 bits per heavy atom. The molecule has 2 heterocycles. The van der Waals surface area contributed by atoms with Crippen molar-refractivity contribution < 1.29 is 14.3 Å². The summed E-state index contributed by atoms with van der Waals surface area (Å²) >= 11 is 1.47. The van der Waals surface area contributed by atoms with Gasteiger partial charge in [-0.05, 0) is 42.7 Å². The highest BCUT2D eigenvalue weighted by atomic mass is 32.2. The van der Waals surface area contributed by atoms with Crippen LogP contribution in [0, 0.1) is 0 Å². The average molecular weight is 450 g/mol. The van der Waals surface area contributed by atoms with Gasteiger partial charge in [-0.1, -0.05) is 61.4 Å². The molecule has 0 unspecified atom stereocenters. The average Bonchev–Trinajstić information content (AvgIpc) is 3.18. The van der Waals surface area contributed by atoms with Crippen LogP contribution in [0.5, 0.6) is 5.75 Å². The van der Waals surface area contributed by atoms with Crippen molar-refractivity contribution in [3.8, 4) is 5.75 Å². The Morgan fingerprint density at radius 1 is 0.906 bits per heavy atom. The van der Waals surface area contributed by atoms with Crippen LogP contribution < -0.4 is 9.64 Å². The third-order valence-corrected chi connectivity index (χ3v) is 7.46. The minimum absolute atomic E-state index is 0.0294. The number of nitrogens with zero attached hydrogens (tertiary/aromatic N) is 3. The first-order chi connectivity index (χ1) is 15.7. The van der Waals surface area contributed by atoms with E-state index in [0.29, 0.717) is 5.75 Å². The van der Waals surface area contributed by atoms with Gasteiger partial charge in [-0.3, -0.25) is 19.5 Å². The number of anilines is 1. The van der Waals surface area contributed by atoms with Gasteiger partial charge in [-0.2, -0.15) is 0 Å². The van der Waals surface area contributed by atoms with Gasteiger partial charge in [0.05, 0.1) is 24.9 Å². The van der Waals surface area contributed by atoms with Crippen LogP contribution in [0.15, 0.2) is 59.6 Å². The van der Waals surface area contributed by atoms with E-state index < -0.39 is 6.04 Å². The number of rotatable bonds is 5. The zero-order chi connectivity index (χ0) is 22.1. The van der Waals surface area contributed by atoms with Gasteiger partial charge < -0.3 is 9.64 Å². The Labute approximate surface area is 192 Å². The van der Waals surface area contributed by atoms with E-state index in [4.69, 9.17) is 9.73 Å². The van der Waals surface area contributed by atoms with Gasteiger partial charge in [0.2, 0.25) is 5.91 Å². The van der Waals surface area contributed by atoms with Crippen LogP contribution in [-0.4, -0.2) is 46.8 Å². The van der Waals surface area contributed by atoms with E-state index in [2.05, 4.69) is 0 Å². The number of benzene rings is 2. The van der Waals surface area contributed by atoms with Gasteiger partial charge in [0.25, 0.3) is 5.91 Å². The molecular weight excluding hydrogens is 422 g/mol. The van der Waals surface area contributed by atoms with Crippen molar-refractivity contribution >= 4 is 34.4 Å². The van der Waals surface area contributed by atoms with E-state index in [-0.39, 0.29) is 23.9 Å². The van der Waals surface area contributed by atoms with E-state index >= 15 is 0 Å². The Bertz CT molecular complexity index is 1020. The number of amidine groups is 1. The fourth-order valence-electron chi connectivity index (χ4n) is 4.85. The summed E-state index contributed by atoms with van der Waals surface area (Å²) < 4.78 is 5.27. The topological polar surface area (TPSA) is 62.2 Å². The minimum Gasteiger partial charge on any atom is -0.497 e. The molecular formula is C25H27N3O3S. The standard InChI is InChI=1S/C25H27N3O3S/c1-31-20-14-12-19(13-15-20)27-22(17-8-4-2-5-9-17)23(24(27)30)28-21(29)16-32-25(28)26-18-10-6-3-7-11-18/h2,4-5,8-9,12-15,18,22-23H,3,6-7,10-11,16H2,1H3/t22-,23-/m1/s1. The maximum Gasteiger partial charge on any atom is 0.253 e. The normalized spacial score (nSPS) is 25.3. The Morgan fingerprint density at radius 3 is 2.31 bits per heavy atom. The SMILES string of the molecule is COc1ccc(N2C(=O)[C@H](N3C(=O)CSC3=NC3CCCCC3)[C@H]2c2ccccc2)cc1. The van der Waals surface area contributed by atoms with E-state index in [1.165, 1.54) is 31.0 Å². The lowest BCUT2D eigenvalue weighted by Crippen LogP contribution is -2.67. The van der Waals surface area contributed by atoms with Gasteiger partial charge in [0.15, 0.2) is 5.17 Å². The van der Waals surface area contributed by atoms with Gasteiger partial charge in [0, 0.05) is 5.69 Å². The van der Waals surface area contributed by atoms with Crippen molar-refractivity contribution in [3.63, 3.8) is 0 Å². The van der Waals surface area contributed by atoms with Crippen molar-refractivity contribution in [3.05, 3.63) is 60.2 Å². The molecule has 0 aromatic heterocycles. The van der Waals surface area contributed by atoms with Crippen LogP contribution in [0.1, 0.15) is 43.7 Å². The molecule has 1 aliphatic carbocycles. The third kappa shape index (κ3) is 3.79. The highest BCUT2D eigenvalue weighted by molar-refractivity contribution is 8.15. The number of ether oxygens (including phenoxy) is 1. The van der Waals surface area contributed by atoms with Gasteiger partial charge in [-0.15, -0.1) is 0 Å². The quantitative estimate of drug-likeness (QED) is 0.634. The lowest BCUT2D eigenvalue weighted by molar-refractivity contribution is -0.138. The van der Waals surface area contributed by atoms with Crippen molar-refractivity contribution in [1.29, 1.82) is 0 Å². The zero-order valence-corrected chi connectivity index (χ0v) is 19.0. The fourth-order valence-corrected chi connectivity index (χ4v) is 5.82. The van der Waals surface area contributed by atoms with E-state index in [1.807, 2.05) is 54.6 Å². The molecule has 0 bridgehead atoms. The molecule has 3 aliphatic rings. The molecule has 0 spiro atoms. The van der Waals surface area contributed by atoms with Crippen LogP contribution in [0.4, 0.5) is 5.69 Å². The lowest BCUT2D eigenvalue weighted by atomic mass is 9.86. The maximum atomic E-state index is 13.5. The molecule has 2 saturated heterocycles. The predicted octanol–water partition coefficient (Wildman–Crippen LogP) is 4.42. The largest absolute Gasteiger partial charge is 0.497 e. The number of aliphatic imine (C=N–C) groups is 1. The molecule has 1 saturated carbocycles. The molecule has 2 atom stereocenters. The number of hydrogen-bond donors (Lipinski definition) is 0. The summed E-state index contributed by atoms with van der Waals surface area (Å²) in [5, 5.41) is 0.718. The van der Waals surface area contributed by atoms with Crippen LogP contribution in [0.2, 0.25) is 0 Å². The second-order valence-corrected chi connectivity index (χ2v) is 9.41. The Balaban J connectivity index is 1.49. The number of amides is 2. The van der Waals surface area contributed by atoms with Gasteiger partial charge in [0.1, 0.15) is 11.8 Å². The van der Waals surface area contributed by atoms with Crippen LogP contribution in [0.3, 0.4) is 0 Å². The van der Waals surface area contributed by atoms with E-state index in [9.17, 15) is 9.59 Å². The summed E-state index contributed by atoms with van der Waals surface area (Å²) in [7, 11) is 1.62. The molecule has 5 rings (SSSR count). The summed E-state index contributed by atoms with van der Waals surface area (Å²) in [6, 6.07) is 16.9. The minimum atomic E-state index is -0.565. The van der Waals surface area contributed by atoms with Crippen LogP contribution in [0.25, 0.3) is 0 Å². The molecule has 2 aromatic carbocycles. The molecule has 3 fully saturated rings. The third-order valence-electron chi connectivity index (χ3n) is 6.50. The van der Waals surface area contributed by atoms with Crippen molar-refractivity contribution in [2.75, 3.05) is 17.8 Å². The molecule has 0 radical (unpaired) electrons. The number of methoxy groups -OCH3 is 1. The summed E-state index contributed by atoms with van der Waals surface area (Å²) in [5.74, 6) is 0.983. The highest BCUT2D eigenvalue weighted by Crippen LogP contribution is 2.44.